The second-order valence-electron chi connectivity index (χ2n) is 4.81. The number of rotatable bonds is 8. The quantitative estimate of drug-likeness (QED) is 0.671. The van der Waals surface area contributed by atoms with Gasteiger partial charge in [0.05, 0.1) is 0 Å². The molecule has 0 aliphatic heterocycles. The summed E-state index contributed by atoms with van der Waals surface area (Å²) in [7, 11) is 0. The van der Waals surface area contributed by atoms with Gasteiger partial charge in [0.2, 0.25) is 5.91 Å². The third kappa shape index (κ3) is 5.85. The van der Waals surface area contributed by atoms with Crippen LogP contribution in [-0.4, -0.2) is 5.91 Å². The minimum atomic E-state index is 0.105. The van der Waals surface area contributed by atoms with Crippen LogP contribution in [0.3, 0.4) is 0 Å². The van der Waals surface area contributed by atoms with Gasteiger partial charge >= 0.3 is 0 Å². The predicted octanol–water partition coefficient (Wildman–Crippen LogP) is 4.55. The van der Waals surface area contributed by atoms with Gasteiger partial charge in [0.15, 0.2) is 0 Å². The zero-order chi connectivity index (χ0) is 13.2. The van der Waals surface area contributed by atoms with Crippen LogP contribution in [0.4, 0.5) is 5.69 Å². The fourth-order valence-corrected chi connectivity index (χ4v) is 1.96. The highest BCUT2D eigenvalue weighted by Crippen LogP contribution is 2.13. The molecule has 0 atom stereocenters. The van der Waals surface area contributed by atoms with E-state index in [0.29, 0.717) is 6.42 Å². The van der Waals surface area contributed by atoms with E-state index in [1.54, 1.807) is 0 Å². The third-order valence-corrected chi connectivity index (χ3v) is 3.03. The number of amides is 1. The Labute approximate surface area is 111 Å². The Morgan fingerprint density at radius 2 is 1.72 bits per heavy atom. The first-order chi connectivity index (χ1) is 8.76. The molecule has 18 heavy (non-hydrogen) atoms. The van der Waals surface area contributed by atoms with Crippen LogP contribution in [0.25, 0.3) is 0 Å². The van der Waals surface area contributed by atoms with Crippen LogP contribution >= 0.6 is 0 Å². The molecule has 0 fully saturated rings. The molecular formula is C16H25NO. The molecule has 0 spiro atoms. The monoisotopic (exact) mass is 247 g/mol. The Kier molecular flexibility index (Phi) is 7.16. The van der Waals surface area contributed by atoms with Gasteiger partial charge in [-0.1, -0.05) is 45.2 Å². The van der Waals surface area contributed by atoms with E-state index in [2.05, 4.69) is 24.4 Å². The van der Waals surface area contributed by atoms with Crippen molar-refractivity contribution in [2.45, 2.75) is 58.8 Å². The lowest BCUT2D eigenvalue weighted by molar-refractivity contribution is -0.116. The summed E-state index contributed by atoms with van der Waals surface area (Å²) in [4.78, 5) is 11.4. The van der Waals surface area contributed by atoms with Crippen molar-refractivity contribution in [2.24, 2.45) is 0 Å². The summed E-state index contributed by atoms with van der Waals surface area (Å²) in [5.74, 6) is 0.105. The summed E-state index contributed by atoms with van der Waals surface area (Å²) < 4.78 is 0. The van der Waals surface area contributed by atoms with Crippen LogP contribution in [0.15, 0.2) is 24.3 Å². The molecule has 0 bridgehead atoms. The summed E-state index contributed by atoms with van der Waals surface area (Å²) in [5, 5.41) is 2.91. The SMILES string of the molecule is CCCCCCc1ccc(NC(=O)CCC)cc1. The van der Waals surface area contributed by atoms with Crippen LogP contribution in [0.2, 0.25) is 0 Å². The maximum Gasteiger partial charge on any atom is 0.224 e. The van der Waals surface area contributed by atoms with Crippen molar-refractivity contribution in [1.29, 1.82) is 0 Å². The molecule has 0 saturated carbocycles. The zero-order valence-corrected chi connectivity index (χ0v) is 11.7. The van der Waals surface area contributed by atoms with E-state index in [9.17, 15) is 4.79 Å². The smallest absolute Gasteiger partial charge is 0.224 e. The Balaban J connectivity index is 2.35. The molecule has 0 unspecified atom stereocenters. The lowest BCUT2D eigenvalue weighted by Gasteiger charge is -2.06. The van der Waals surface area contributed by atoms with Gasteiger partial charge in [-0.2, -0.15) is 0 Å². The molecule has 0 radical (unpaired) electrons. The molecule has 1 amide bonds. The normalized spacial score (nSPS) is 10.3. The number of nitrogens with one attached hydrogen (secondary N) is 1. The lowest BCUT2D eigenvalue weighted by atomic mass is 10.1. The van der Waals surface area contributed by atoms with Crippen molar-refractivity contribution >= 4 is 11.6 Å². The van der Waals surface area contributed by atoms with Crippen molar-refractivity contribution in [2.75, 3.05) is 5.32 Å². The summed E-state index contributed by atoms with van der Waals surface area (Å²) in [6, 6.07) is 8.24. The summed E-state index contributed by atoms with van der Waals surface area (Å²) in [6.07, 6.45) is 7.80. The lowest BCUT2D eigenvalue weighted by Crippen LogP contribution is -2.10. The van der Waals surface area contributed by atoms with E-state index in [-0.39, 0.29) is 5.91 Å². The van der Waals surface area contributed by atoms with E-state index >= 15 is 0 Å². The number of benzene rings is 1. The fourth-order valence-electron chi connectivity index (χ4n) is 1.96. The molecule has 1 N–H and O–H groups in total. The average molecular weight is 247 g/mol. The van der Waals surface area contributed by atoms with Gasteiger partial charge in [-0.05, 0) is 37.0 Å². The Bertz CT molecular complexity index is 343. The van der Waals surface area contributed by atoms with Gasteiger partial charge in [-0.25, -0.2) is 0 Å². The van der Waals surface area contributed by atoms with Gasteiger partial charge in [-0.15, -0.1) is 0 Å². The van der Waals surface area contributed by atoms with E-state index in [4.69, 9.17) is 0 Å². The Morgan fingerprint density at radius 1 is 1.00 bits per heavy atom. The first-order valence-electron chi connectivity index (χ1n) is 7.15. The number of hydrogen-bond donors (Lipinski definition) is 1. The van der Waals surface area contributed by atoms with Crippen molar-refractivity contribution in [3.63, 3.8) is 0 Å². The molecule has 100 valence electrons. The van der Waals surface area contributed by atoms with Crippen LogP contribution < -0.4 is 5.32 Å². The maximum absolute atomic E-state index is 11.4. The maximum atomic E-state index is 11.4. The van der Waals surface area contributed by atoms with Gasteiger partial charge in [-0.3, -0.25) is 4.79 Å². The first-order valence-corrected chi connectivity index (χ1v) is 7.15. The van der Waals surface area contributed by atoms with E-state index in [1.165, 1.54) is 31.2 Å². The van der Waals surface area contributed by atoms with Crippen LogP contribution in [0.1, 0.15) is 57.9 Å². The van der Waals surface area contributed by atoms with Gasteiger partial charge in [0, 0.05) is 12.1 Å². The number of carbonyl (C=O) groups is 1. The summed E-state index contributed by atoms with van der Waals surface area (Å²) in [6.45, 7) is 4.24. The molecule has 1 aromatic rings. The third-order valence-electron chi connectivity index (χ3n) is 3.03. The number of carbonyl (C=O) groups excluding carboxylic acids is 1. The highest BCUT2D eigenvalue weighted by Gasteiger charge is 2.00. The van der Waals surface area contributed by atoms with Crippen molar-refractivity contribution in [3.05, 3.63) is 29.8 Å². The van der Waals surface area contributed by atoms with Crippen LogP contribution in [0, 0.1) is 0 Å². The highest BCUT2D eigenvalue weighted by atomic mass is 16.1. The molecule has 2 heteroatoms. The minimum absolute atomic E-state index is 0.105. The standard InChI is InChI=1S/C16H25NO/c1-3-5-6-7-9-14-10-12-15(13-11-14)17-16(18)8-4-2/h10-13H,3-9H2,1-2H3,(H,17,18). The van der Waals surface area contributed by atoms with Gasteiger partial charge in [0.1, 0.15) is 0 Å². The molecule has 0 aliphatic carbocycles. The van der Waals surface area contributed by atoms with Gasteiger partial charge < -0.3 is 5.32 Å². The molecule has 0 heterocycles. The Hall–Kier alpha value is -1.31. The topological polar surface area (TPSA) is 29.1 Å². The molecule has 0 saturated heterocycles. The van der Waals surface area contributed by atoms with Crippen molar-refractivity contribution in [1.82, 2.24) is 0 Å². The number of unbranched alkanes of at least 4 members (excludes halogenated alkanes) is 3. The molecule has 2 nitrogen and oxygen atoms in total. The average Bonchev–Trinajstić information content (AvgIpc) is 2.37. The number of anilines is 1. The predicted molar refractivity (Wildman–Crippen MR) is 77.8 cm³/mol. The highest BCUT2D eigenvalue weighted by molar-refractivity contribution is 5.90. The first kappa shape index (κ1) is 14.7. The second-order valence-corrected chi connectivity index (χ2v) is 4.81. The number of hydrogen-bond acceptors (Lipinski definition) is 1. The molecular weight excluding hydrogens is 222 g/mol. The molecule has 1 rings (SSSR count). The molecule has 1 aromatic carbocycles. The van der Waals surface area contributed by atoms with E-state index in [0.717, 1.165) is 18.5 Å². The fraction of sp³-hybridized carbons (Fsp3) is 0.562. The summed E-state index contributed by atoms with van der Waals surface area (Å²) >= 11 is 0. The van der Waals surface area contributed by atoms with E-state index in [1.807, 2.05) is 19.1 Å². The molecule has 0 aromatic heterocycles. The zero-order valence-electron chi connectivity index (χ0n) is 11.7. The molecule has 0 aliphatic rings. The minimum Gasteiger partial charge on any atom is -0.326 e. The van der Waals surface area contributed by atoms with Gasteiger partial charge in [0.25, 0.3) is 0 Å². The second kappa shape index (κ2) is 8.73. The van der Waals surface area contributed by atoms with Crippen molar-refractivity contribution < 1.29 is 4.79 Å². The van der Waals surface area contributed by atoms with Crippen LogP contribution in [0.5, 0.6) is 0 Å². The number of aryl methyl sites for hydroxylation is 1. The van der Waals surface area contributed by atoms with Crippen molar-refractivity contribution in [3.8, 4) is 0 Å². The summed E-state index contributed by atoms with van der Waals surface area (Å²) in [5.41, 5.74) is 2.27. The Morgan fingerprint density at radius 3 is 2.33 bits per heavy atom. The largest absolute Gasteiger partial charge is 0.326 e. The van der Waals surface area contributed by atoms with Crippen LogP contribution in [-0.2, 0) is 11.2 Å². The van der Waals surface area contributed by atoms with E-state index < -0.39 is 0 Å².